The second-order valence-electron chi connectivity index (χ2n) is 4.47. The second kappa shape index (κ2) is 5.34. The third kappa shape index (κ3) is 2.57. The molecule has 2 aromatic heterocycles. The first kappa shape index (κ1) is 13.8. The Labute approximate surface area is 129 Å². The molecule has 0 amide bonds. The Bertz CT molecular complexity index is 827. The number of benzene rings is 1. The van der Waals surface area contributed by atoms with Crippen molar-refractivity contribution in [2.75, 3.05) is 5.32 Å². The van der Waals surface area contributed by atoms with Gasteiger partial charge in [-0.2, -0.15) is 0 Å². The molecule has 8 heteroatoms. The minimum atomic E-state index is -0.442. The third-order valence-electron chi connectivity index (χ3n) is 3.17. The number of halogens is 1. The van der Waals surface area contributed by atoms with Crippen LogP contribution in [0.1, 0.15) is 11.4 Å². The normalized spacial score (nSPS) is 11.0. The number of thiazole rings is 1. The topological polar surface area (TPSA) is 72.5 Å². The molecule has 3 aromatic rings. The van der Waals surface area contributed by atoms with Crippen LogP contribution in [0.15, 0.2) is 29.8 Å². The number of aromatic nitrogens is 2. The van der Waals surface area contributed by atoms with Crippen LogP contribution in [0, 0.1) is 17.0 Å². The Hall–Kier alpha value is -2.12. The van der Waals surface area contributed by atoms with Crippen LogP contribution in [0.4, 0.5) is 11.4 Å². The SMILES string of the molecule is Cc1nc2sccn2c1CNc1cc([N+](=O)[O-])ccc1Cl. The summed E-state index contributed by atoms with van der Waals surface area (Å²) in [5.41, 5.74) is 2.48. The molecular weight excluding hydrogens is 312 g/mol. The first-order chi connectivity index (χ1) is 10.1. The lowest BCUT2D eigenvalue weighted by atomic mass is 10.2. The molecule has 0 saturated heterocycles. The van der Waals surface area contributed by atoms with Gasteiger partial charge in [0.1, 0.15) is 0 Å². The molecule has 0 fully saturated rings. The van der Waals surface area contributed by atoms with E-state index in [4.69, 9.17) is 11.6 Å². The number of fused-ring (bicyclic) bond motifs is 1. The summed E-state index contributed by atoms with van der Waals surface area (Å²) in [6.07, 6.45) is 1.95. The summed E-state index contributed by atoms with van der Waals surface area (Å²) in [6, 6.07) is 4.34. The highest BCUT2D eigenvalue weighted by Gasteiger charge is 2.12. The molecule has 1 N–H and O–H groups in total. The molecule has 0 unspecified atom stereocenters. The lowest BCUT2D eigenvalue weighted by Crippen LogP contribution is -2.04. The van der Waals surface area contributed by atoms with Crippen LogP contribution in [0.5, 0.6) is 0 Å². The maximum atomic E-state index is 10.8. The van der Waals surface area contributed by atoms with E-state index < -0.39 is 4.92 Å². The zero-order valence-corrected chi connectivity index (χ0v) is 12.6. The van der Waals surface area contributed by atoms with Gasteiger partial charge in [-0.3, -0.25) is 14.5 Å². The second-order valence-corrected chi connectivity index (χ2v) is 5.75. The lowest BCUT2D eigenvalue weighted by Gasteiger charge is -2.08. The maximum Gasteiger partial charge on any atom is 0.271 e. The minimum Gasteiger partial charge on any atom is -0.378 e. The van der Waals surface area contributed by atoms with Gasteiger partial charge in [0.2, 0.25) is 0 Å². The van der Waals surface area contributed by atoms with E-state index >= 15 is 0 Å². The van der Waals surface area contributed by atoms with Crippen molar-refractivity contribution >= 4 is 39.3 Å². The first-order valence-electron chi connectivity index (χ1n) is 6.15. The van der Waals surface area contributed by atoms with Gasteiger partial charge in [0.05, 0.1) is 33.6 Å². The third-order valence-corrected chi connectivity index (χ3v) is 4.25. The van der Waals surface area contributed by atoms with Crippen LogP contribution in [-0.4, -0.2) is 14.3 Å². The van der Waals surface area contributed by atoms with Gasteiger partial charge >= 0.3 is 0 Å². The molecule has 0 saturated carbocycles. The molecule has 108 valence electrons. The summed E-state index contributed by atoms with van der Waals surface area (Å²) in [6.45, 7) is 2.43. The Balaban J connectivity index is 1.87. The quantitative estimate of drug-likeness (QED) is 0.584. The number of imidazole rings is 1. The van der Waals surface area contributed by atoms with E-state index in [1.165, 1.54) is 18.2 Å². The fraction of sp³-hybridized carbons (Fsp3) is 0.154. The number of aryl methyl sites for hydroxylation is 1. The summed E-state index contributed by atoms with van der Waals surface area (Å²) in [4.78, 5) is 15.8. The first-order valence-corrected chi connectivity index (χ1v) is 7.41. The van der Waals surface area contributed by atoms with Gasteiger partial charge in [-0.1, -0.05) is 11.6 Å². The number of nitro benzene ring substituents is 1. The van der Waals surface area contributed by atoms with E-state index in [0.717, 1.165) is 16.3 Å². The van der Waals surface area contributed by atoms with Crippen molar-refractivity contribution in [3.63, 3.8) is 0 Å². The predicted octanol–water partition coefficient (Wildman–Crippen LogP) is 3.88. The van der Waals surface area contributed by atoms with Gasteiger partial charge < -0.3 is 5.32 Å². The van der Waals surface area contributed by atoms with Crippen molar-refractivity contribution in [2.24, 2.45) is 0 Å². The fourth-order valence-corrected chi connectivity index (χ4v) is 3.06. The van der Waals surface area contributed by atoms with E-state index in [1.807, 2.05) is 22.9 Å². The monoisotopic (exact) mass is 322 g/mol. The number of anilines is 1. The number of nitrogens with zero attached hydrogens (tertiary/aromatic N) is 3. The number of non-ortho nitro benzene ring substituents is 1. The molecule has 6 nitrogen and oxygen atoms in total. The largest absolute Gasteiger partial charge is 0.378 e. The van der Waals surface area contributed by atoms with Gasteiger partial charge in [-0.25, -0.2) is 4.98 Å². The summed E-state index contributed by atoms with van der Waals surface area (Å²) in [7, 11) is 0. The zero-order chi connectivity index (χ0) is 15.0. The zero-order valence-electron chi connectivity index (χ0n) is 11.0. The average molecular weight is 323 g/mol. The molecule has 3 rings (SSSR count). The molecule has 0 aliphatic heterocycles. The van der Waals surface area contributed by atoms with Crippen LogP contribution >= 0.6 is 22.9 Å². The van der Waals surface area contributed by atoms with Gasteiger partial charge in [-0.15, -0.1) is 11.3 Å². The summed E-state index contributed by atoms with van der Waals surface area (Å²) in [5.74, 6) is 0. The number of hydrogen-bond acceptors (Lipinski definition) is 5. The average Bonchev–Trinajstić information content (AvgIpc) is 2.99. The number of rotatable bonds is 4. The highest BCUT2D eigenvalue weighted by atomic mass is 35.5. The van der Waals surface area contributed by atoms with E-state index in [1.54, 1.807) is 11.3 Å². The van der Waals surface area contributed by atoms with Crippen molar-refractivity contribution in [1.29, 1.82) is 0 Å². The number of nitro groups is 1. The van der Waals surface area contributed by atoms with E-state index in [9.17, 15) is 10.1 Å². The maximum absolute atomic E-state index is 10.8. The van der Waals surface area contributed by atoms with Crippen molar-refractivity contribution in [1.82, 2.24) is 9.38 Å². The number of nitrogens with one attached hydrogen (secondary N) is 1. The minimum absolute atomic E-state index is 0.00702. The van der Waals surface area contributed by atoms with E-state index in [2.05, 4.69) is 10.3 Å². The van der Waals surface area contributed by atoms with Crippen LogP contribution in [-0.2, 0) is 6.54 Å². The molecule has 2 heterocycles. The molecule has 0 spiro atoms. The Morgan fingerprint density at radius 3 is 3.10 bits per heavy atom. The molecule has 21 heavy (non-hydrogen) atoms. The molecular formula is C13H11ClN4O2S. The van der Waals surface area contributed by atoms with Crippen molar-refractivity contribution in [3.05, 3.63) is 56.3 Å². The number of hydrogen-bond donors (Lipinski definition) is 1. The Morgan fingerprint density at radius 2 is 2.33 bits per heavy atom. The lowest BCUT2D eigenvalue weighted by molar-refractivity contribution is -0.384. The molecule has 0 radical (unpaired) electrons. The summed E-state index contributed by atoms with van der Waals surface area (Å²) in [5, 5.41) is 16.4. The Morgan fingerprint density at radius 1 is 1.52 bits per heavy atom. The summed E-state index contributed by atoms with van der Waals surface area (Å²) < 4.78 is 2.00. The van der Waals surface area contributed by atoms with Gasteiger partial charge in [-0.05, 0) is 13.0 Å². The molecule has 0 atom stereocenters. The smallest absolute Gasteiger partial charge is 0.271 e. The van der Waals surface area contributed by atoms with Crippen LogP contribution in [0.25, 0.3) is 4.96 Å². The Kier molecular flexibility index (Phi) is 3.52. The summed E-state index contributed by atoms with van der Waals surface area (Å²) >= 11 is 7.63. The molecule has 0 aliphatic carbocycles. The van der Waals surface area contributed by atoms with Crippen molar-refractivity contribution < 1.29 is 4.92 Å². The standard InChI is InChI=1S/C13H11ClN4O2S/c1-8-12(17-4-5-21-13(17)16-8)7-15-11-6-9(18(19)20)2-3-10(11)14/h2-6,15H,7H2,1H3. The van der Waals surface area contributed by atoms with E-state index in [-0.39, 0.29) is 5.69 Å². The van der Waals surface area contributed by atoms with Gasteiger partial charge in [0.15, 0.2) is 4.96 Å². The van der Waals surface area contributed by atoms with Gasteiger partial charge in [0.25, 0.3) is 5.69 Å². The molecule has 0 aliphatic rings. The molecule has 1 aromatic carbocycles. The highest BCUT2D eigenvalue weighted by Crippen LogP contribution is 2.27. The van der Waals surface area contributed by atoms with Crippen LogP contribution in [0.2, 0.25) is 5.02 Å². The molecule has 0 bridgehead atoms. The van der Waals surface area contributed by atoms with Gasteiger partial charge in [0, 0.05) is 23.7 Å². The van der Waals surface area contributed by atoms with Crippen LogP contribution in [0.3, 0.4) is 0 Å². The predicted molar refractivity (Wildman–Crippen MR) is 83.2 cm³/mol. The van der Waals surface area contributed by atoms with Crippen LogP contribution < -0.4 is 5.32 Å². The van der Waals surface area contributed by atoms with Crippen molar-refractivity contribution in [3.8, 4) is 0 Å². The van der Waals surface area contributed by atoms with E-state index in [0.29, 0.717) is 17.3 Å². The highest BCUT2D eigenvalue weighted by molar-refractivity contribution is 7.15. The van der Waals surface area contributed by atoms with Crippen molar-refractivity contribution in [2.45, 2.75) is 13.5 Å². The fourth-order valence-electron chi connectivity index (χ4n) is 2.09.